The van der Waals surface area contributed by atoms with E-state index in [4.69, 9.17) is 10.5 Å². The van der Waals surface area contributed by atoms with E-state index in [1.54, 1.807) is 6.20 Å². The summed E-state index contributed by atoms with van der Waals surface area (Å²) >= 11 is 0. The Morgan fingerprint density at radius 1 is 1.06 bits per heavy atom. The first-order valence-electron chi connectivity index (χ1n) is 11.5. The Balaban J connectivity index is 1.52. The minimum Gasteiger partial charge on any atom is -0.398 e. The molecule has 0 saturated carbocycles. The maximum atomic E-state index is 12.7. The SMILES string of the molecule is CCCCC(NCc1ccc(C(=O)NC(C)c2ccccc2N)cc1)OCc1cccnc1. The predicted octanol–water partition coefficient (Wildman–Crippen LogP) is 4.98. The van der Waals surface area contributed by atoms with Gasteiger partial charge in [0.2, 0.25) is 0 Å². The van der Waals surface area contributed by atoms with E-state index < -0.39 is 0 Å². The van der Waals surface area contributed by atoms with Crippen LogP contribution < -0.4 is 16.4 Å². The molecule has 6 nitrogen and oxygen atoms in total. The highest BCUT2D eigenvalue weighted by molar-refractivity contribution is 5.94. The number of nitrogens with zero attached hydrogens (tertiary/aromatic N) is 1. The van der Waals surface area contributed by atoms with Crippen molar-refractivity contribution in [3.63, 3.8) is 0 Å². The van der Waals surface area contributed by atoms with Crippen molar-refractivity contribution in [3.8, 4) is 0 Å². The lowest BCUT2D eigenvalue weighted by Crippen LogP contribution is -2.31. The molecule has 2 atom stereocenters. The molecule has 1 aromatic heterocycles. The molecule has 4 N–H and O–H groups in total. The fourth-order valence-electron chi connectivity index (χ4n) is 3.58. The average molecular weight is 447 g/mol. The van der Waals surface area contributed by atoms with E-state index in [1.807, 2.05) is 73.8 Å². The van der Waals surface area contributed by atoms with Crippen LogP contribution in [0.25, 0.3) is 0 Å². The molecule has 3 rings (SSSR count). The number of pyridine rings is 1. The molecule has 174 valence electrons. The third-order valence-electron chi connectivity index (χ3n) is 5.55. The van der Waals surface area contributed by atoms with Gasteiger partial charge in [0.1, 0.15) is 6.23 Å². The van der Waals surface area contributed by atoms with E-state index in [9.17, 15) is 4.79 Å². The van der Waals surface area contributed by atoms with Crippen LogP contribution in [0.2, 0.25) is 0 Å². The van der Waals surface area contributed by atoms with Crippen molar-refractivity contribution in [1.29, 1.82) is 0 Å². The molecule has 0 aliphatic heterocycles. The van der Waals surface area contributed by atoms with Crippen molar-refractivity contribution in [2.24, 2.45) is 0 Å². The second kappa shape index (κ2) is 12.7. The number of amides is 1. The van der Waals surface area contributed by atoms with Crippen molar-refractivity contribution in [3.05, 3.63) is 95.3 Å². The minimum atomic E-state index is -0.170. The predicted molar refractivity (Wildman–Crippen MR) is 132 cm³/mol. The first-order chi connectivity index (χ1) is 16.1. The van der Waals surface area contributed by atoms with E-state index >= 15 is 0 Å². The van der Waals surface area contributed by atoms with Crippen molar-refractivity contribution >= 4 is 11.6 Å². The van der Waals surface area contributed by atoms with Gasteiger partial charge in [-0.2, -0.15) is 0 Å². The fraction of sp³-hybridized carbons (Fsp3) is 0.333. The average Bonchev–Trinajstić information content (AvgIpc) is 2.84. The number of nitrogen functional groups attached to an aromatic ring is 1. The van der Waals surface area contributed by atoms with Crippen molar-refractivity contribution in [2.45, 2.75) is 58.5 Å². The number of carbonyl (C=O) groups is 1. The van der Waals surface area contributed by atoms with Crippen LogP contribution in [0.4, 0.5) is 5.69 Å². The van der Waals surface area contributed by atoms with Crippen LogP contribution in [0.3, 0.4) is 0 Å². The minimum absolute atomic E-state index is 0.0367. The Bertz CT molecular complexity index is 993. The Morgan fingerprint density at radius 3 is 2.55 bits per heavy atom. The summed E-state index contributed by atoms with van der Waals surface area (Å²) in [6.45, 7) is 5.30. The van der Waals surface area contributed by atoms with Gasteiger partial charge in [-0.1, -0.05) is 49.7 Å². The van der Waals surface area contributed by atoms with Crippen LogP contribution in [-0.2, 0) is 17.9 Å². The van der Waals surface area contributed by atoms with Gasteiger partial charge in [0.05, 0.1) is 12.6 Å². The molecule has 0 radical (unpaired) electrons. The first-order valence-corrected chi connectivity index (χ1v) is 11.5. The van der Waals surface area contributed by atoms with E-state index in [0.29, 0.717) is 24.4 Å². The molecule has 0 spiro atoms. The molecule has 0 saturated heterocycles. The van der Waals surface area contributed by atoms with Gasteiger partial charge >= 0.3 is 0 Å². The van der Waals surface area contributed by atoms with Crippen LogP contribution >= 0.6 is 0 Å². The van der Waals surface area contributed by atoms with Gasteiger partial charge in [-0.05, 0) is 60.7 Å². The van der Waals surface area contributed by atoms with Gasteiger partial charge in [0.15, 0.2) is 0 Å². The molecule has 1 heterocycles. The summed E-state index contributed by atoms with van der Waals surface area (Å²) in [5.41, 5.74) is 10.4. The molecule has 0 bridgehead atoms. The second-order valence-electron chi connectivity index (χ2n) is 8.21. The molecule has 2 unspecified atom stereocenters. The summed E-state index contributed by atoms with van der Waals surface area (Å²) in [5.74, 6) is -0.120. The van der Waals surface area contributed by atoms with Crippen LogP contribution in [-0.4, -0.2) is 17.1 Å². The monoisotopic (exact) mass is 446 g/mol. The third-order valence-corrected chi connectivity index (χ3v) is 5.55. The Morgan fingerprint density at radius 2 is 1.85 bits per heavy atom. The van der Waals surface area contributed by atoms with Gasteiger partial charge in [-0.3, -0.25) is 15.1 Å². The van der Waals surface area contributed by atoms with Crippen molar-refractivity contribution in [2.75, 3.05) is 5.73 Å². The van der Waals surface area contributed by atoms with Crippen molar-refractivity contribution < 1.29 is 9.53 Å². The Hall–Kier alpha value is -3.22. The second-order valence-corrected chi connectivity index (χ2v) is 8.21. The molecule has 6 heteroatoms. The molecule has 33 heavy (non-hydrogen) atoms. The van der Waals surface area contributed by atoms with Crippen molar-refractivity contribution in [1.82, 2.24) is 15.6 Å². The smallest absolute Gasteiger partial charge is 0.251 e. The molecule has 0 aliphatic carbocycles. The molecule has 0 aliphatic rings. The summed E-state index contributed by atoms with van der Waals surface area (Å²) in [6.07, 6.45) is 6.70. The van der Waals surface area contributed by atoms with E-state index in [1.165, 1.54) is 0 Å². The van der Waals surface area contributed by atoms with Crippen LogP contribution in [0.15, 0.2) is 73.1 Å². The molecular weight excluding hydrogens is 412 g/mol. The molecular formula is C27H34N4O2. The zero-order valence-corrected chi connectivity index (χ0v) is 19.5. The summed E-state index contributed by atoms with van der Waals surface area (Å²) in [4.78, 5) is 16.8. The Labute approximate surface area is 196 Å². The number of unbranched alkanes of at least 4 members (excludes halogenated alkanes) is 1. The number of aromatic nitrogens is 1. The quantitative estimate of drug-likeness (QED) is 0.270. The van der Waals surface area contributed by atoms with Gasteiger partial charge in [-0.25, -0.2) is 0 Å². The molecule has 2 aromatic carbocycles. The molecule has 0 fully saturated rings. The maximum absolute atomic E-state index is 12.7. The number of nitrogens with one attached hydrogen (secondary N) is 2. The topological polar surface area (TPSA) is 89.3 Å². The van der Waals surface area contributed by atoms with Gasteiger partial charge < -0.3 is 15.8 Å². The largest absolute Gasteiger partial charge is 0.398 e. The highest BCUT2D eigenvalue weighted by atomic mass is 16.5. The molecule has 3 aromatic rings. The van der Waals surface area contributed by atoms with E-state index in [0.717, 1.165) is 36.0 Å². The number of hydrogen-bond donors (Lipinski definition) is 3. The number of para-hydroxylation sites is 1. The number of nitrogens with two attached hydrogens (primary N) is 1. The number of carbonyl (C=O) groups excluding carboxylic acids is 1. The van der Waals surface area contributed by atoms with Gasteiger partial charge in [0, 0.05) is 30.2 Å². The van der Waals surface area contributed by atoms with Gasteiger partial charge in [-0.15, -0.1) is 0 Å². The lowest BCUT2D eigenvalue weighted by molar-refractivity contribution is 0.00940. The van der Waals surface area contributed by atoms with Crippen LogP contribution in [0.1, 0.15) is 66.2 Å². The highest BCUT2D eigenvalue weighted by Gasteiger charge is 2.14. The number of hydrogen-bond acceptors (Lipinski definition) is 5. The normalized spacial score (nSPS) is 12.8. The zero-order valence-electron chi connectivity index (χ0n) is 19.5. The highest BCUT2D eigenvalue weighted by Crippen LogP contribution is 2.20. The van der Waals surface area contributed by atoms with E-state index in [-0.39, 0.29) is 18.2 Å². The fourth-order valence-corrected chi connectivity index (χ4v) is 3.58. The zero-order chi connectivity index (χ0) is 23.5. The third kappa shape index (κ3) is 7.70. The maximum Gasteiger partial charge on any atom is 0.251 e. The number of benzene rings is 2. The lowest BCUT2D eigenvalue weighted by atomic mass is 10.1. The molecule has 1 amide bonds. The summed E-state index contributed by atoms with van der Waals surface area (Å²) < 4.78 is 6.08. The van der Waals surface area contributed by atoms with Crippen LogP contribution in [0.5, 0.6) is 0 Å². The number of rotatable bonds is 12. The summed E-state index contributed by atoms with van der Waals surface area (Å²) in [7, 11) is 0. The van der Waals surface area contributed by atoms with E-state index in [2.05, 4.69) is 22.5 Å². The Kier molecular flexibility index (Phi) is 9.42. The summed E-state index contributed by atoms with van der Waals surface area (Å²) in [5, 5.41) is 6.51. The summed E-state index contributed by atoms with van der Waals surface area (Å²) in [6, 6.07) is 19.0. The number of ether oxygens (including phenoxy) is 1. The number of anilines is 1. The van der Waals surface area contributed by atoms with Gasteiger partial charge in [0.25, 0.3) is 5.91 Å². The standard InChI is InChI=1S/C27H34N4O2/c1-3-4-11-26(33-19-22-8-7-16-29-17-22)30-18-21-12-14-23(15-13-21)27(32)31-20(2)24-9-5-6-10-25(24)28/h5-10,12-17,20,26,30H,3-4,11,18-19,28H2,1-2H3,(H,31,32). The lowest BCUT2D eigenvalue weighted by Gasteiger charge is -2.20. The van der Waals surface area contributed by atoms with Crippen LogP contribution in [0, 0.1) is 0 Å². The first kappa shape index (κ1) is 24.4.